The minimum atomic E-state index is -4.76. The van der Waals surface area contributed by atoms with Crippen LogP contribution in [0.2, 0.25) is 0 Å². The quantitative estimate of drug-likeness (QED) is 0.669. The number of benzene rings is 2. The summed E-state index contributed by atoms with van der Waals surface area (Å²) in [4.78, 5) is 21.1. The van der Waals surface area contributed by atoms with Gasteiger partial charge in [-0.3, -0.25) is 15.1 Å². The number of carbonyl (C=O) groups is 1. The van der Waals surface area contributed by atoms with E-state index < -0.39 is 6.36 Å². The molecule has 0 saturated carbocycles. The second-order valence-corrected chi connectivity index (χ2v) is 6.81. The minimum Gasteiger partial charge on any atom is -0.406 e. The number of halogens is 3. The highest BCUT2D eigenvalue weighted by Gasteiger charge is 2.31. The predicted molar refractivity (Wildman–Crippen MR) is 99.5 cm³/mol. The number of hydrogen-bond donors (Lipinski definition) is 1. The third kappa shape index (κ3) is 3.89. The first-order valence-corrected chi connectivity index (χ1v) is 9.03. The number of ether oxygens (including phenoxy) is 1. The summed E-state index contributed by atoms with van der Waals surface area (Å²) in [5.74, 6) is -0.656. The second kappa shape index (κ2) is 7.08. The third-order valence-corrected chi connectivity index (χ3v) is 4.71. The van der Waals surface area contributed by atoms with Gasteiger partial charge in [-0.05, 0) is 29.3 Å². The lowest BCUT2D eigenvalue weighted by Crippen LogP contribution is -2.17. The number of carbonyl (C=O) groups excluding carboxylic acids is 1. The van der Waals surface area contributed by atoms with Crippen LogP contribution in [0.3, 0.4) is 0 Å². The number of anilines is 1. The fourth-order valence-electron chi connectivity index (χ4n) is 2.89. The maximum atomic E-state index is 12.6. The van der Waals surface area contributed by atoms with Crippen LogP contribution < -0.4 is 10.1 Å². The Hall–Kier alpha value is -3.20. The van der Waals surface area contributed by atoms with E-state index in [0.717, 1.165) is 5.56 Å². The smallest absolute Gasteiger partial charge is 0.406 e. The topological polar surface area (TPSA) is 63.6 Å². The summed E-state index contributed by atoms with van der Waals surface area (Å²) in [5.41, 5.74) is 2.78. The van der Waals surface area contributed by atoms with Gasteiger partial charge in [0.15, 0.2) is 5.13 Å². The molecule has 0 unspecified atom stereocenters. The Morgan fingerprint density at radius 1 is 1.18 bits per heavy atom. The standard InChI is InChI=1S/C19H12F3N3O2S/c20-19(21,22)27-13-5-1-3-11(9-13)15-10-12-4-2-6-14(16(12)24-15)17(26)25-18-23-7-8-28-18/h1-9H,10H2,(H,23,25,26). The zero-order valence-corrected chi connectivity index (χ0v) is 15.0. The Morgan fingerprint density at radius 3 is 2.75 bits per heavy atom. The molecule has 2 aromatic carbocycles. The van der Waals surface area contributed by atoms with E-state index in [2.05, 4.69) is 20.0 Å². The van der Waals surface area contributed by atoms with Crippen molar-refractivity contribution in [2.24, 2.45) is 4.99 Å². The molecule has 142 valence electrons. The first-order valence-electron chi connectivity index (χ1n) is 8.15. The number of nitrogens with one attached hydrogen (secondary N) is 1. The van der Waals surface area contributed by atoms with Crippen molar-refractivity contribution in [1.82, 2.24) is 4.98 Å². The van der Waals surface area contributed by atoms with Gasteiger partial charge in [0.25, 0.3) is 5.91 Å². The highest BCUT2D eigenvalue weighted by molar-refractivity contribution is 7.13. The number of fused-ring (bicyclic) bond motifs is 1. The molecule has 0 fully saturated rings. The van der Waals surface area contributed by atoms with Gasteiger partial charge in [-0.1, -0.05) is 24.3 Å². The summed E-state index contributed by atoms with van der Waals surface area (Å²) in [6, 6.07) is 10.9. The Labute approximate surface area is 161 Å². The molecule has 1 N–H and O–H groups in total. The van der Waals surface area contributed by atoms with Gasteiger partial charge in [-0.2, -0.15) is 0 Å². The number of hydrogen-bond acceptors (Lipinski definition) is 5. The molecule has 1 aromatic heterocycles. The van der Waals surface area contributed by atoms with Crippen molar-refractivity contribution in [1.29, 1.82) is 0 Å². The third-order valence-electron chi connectivity index (χ3n) is 4.02. The highest BCUT2D eigenvalue weighted by atomic mass is 32.1. The maximum absolute atomic E-state index is 12.6. The molecule has 1 aliphatic rings. The molecular formula is C19H12F3N3O2S. The summed E-state index contributed by atoms with van der Waals surface area (Å²) in [7, 11) is 0. The van der Waals surface area contributed by atoms with E-state index in [-0.39, 0.29) is 11.7 Å². The summed E-state index contributed by atoms with van der Waals surface area (Å²) in [6.07, 6.45) is -2.77. The van der Waals surface area contributed by atoms with Crippen LogP contribution in [0.15, 0.2) is 59.0 Å². The van der Waals surface area contributed by atoms with E-state index in [1.165, 1.54) is 29.5 Å². The summed E-state index contributed by atoms with van der Waals surface area (Å²) < 4.78 is 41.4. The van der Waals surface area contributed by atoms with Gasteiger partial charge in [0.05, 0.1) is 17.0 Å². The average Bonchev–Trinajstić information content (AvgIpc) is 3.29. The van der Waals surface area contributed by atoms with Gasteiger partial charge in [0, 0.05) is 18.0 Å². The van der Waals surface area contributed by atoms with Crippen molar-refractivity contribution in [3.63, 3.8) is 0 Å². The molecule has 0 aliphatic carbocycles. The van der Waals surface area contributed by atoms with E-state index in [0.29, 0.717) is 34.1 Å². The Bertz CT molecular complexity index is 1060. The van der Waals surface area contributed by atoms with Crippen molar-refractivity contribution >= 4 is 33.8 Å². The van der Waals surface area contributed by atoms with Gasteiger partial charge in [-0.25, -0.2) is 4.98 Å². The lowest BCUT2D eigenvalue weighted by molar-refractivity contribution is -0.274. The molecule has 0 bridgehead atoms. The van der Waals surface area contributed by atoms with E-state index in [1.807, 2.05) is 6.07 Å². The van der Waals surface area contributed by atoms with E-state index in [9.17, 15) is 18.0 Å². The summed E-state index contributed by atoms with van der Waals surface area (Å²) in [5, 5.41) is 4.93. The van der Waals surface area contributed by atoms with Crippen LogP contribution in [0, 0.1) is 0 Å². The van der Waals surface area contributed by atoms with Crippen LogP contribution in [0.4, 0.5) is 24.0 Å². The Morgan fingerprint density at radius 2 is 2.00 bits per heavy atom. The van der Waals surface area contributed by atoms with Crippen LogP contribution in [-0.2, 0) is 6.42 Å². The van der Waals surface area contributed by atoms with Crippen LogP contribution in [0.5, 0.6) is 5.75 Å². The van der Waals surface area contributed by atoms with Gasteiger partial charge in [0.1, 0.15) is 5.75 Å². The molecule has 0 radical (unpaired) electrons. The van der Waals surface area contributed by atoms with Crippen LogP contribution in [0.1, 0.15) is 21.5 Å². The van der Waals surface area contributed by atoms with E-state index in [1.54, 1.807) is 29.8 Å². The Balaban J connectivity index is 1.62. The molecule has 0 saturated heterocycles. The fourth-order valence-corrected chi connectivity index (χ4v) is 3.42. The molecule has 0 atom stereocenters. The number of rotatable bonds is 4. The maximum Gasteiger partial charge on any atom is 0.573 e. The first-order chi connectivity index (χ1) is 13.4. The SMILES string of the molecule is O=C(Nc1nccs1)c1cccc2c1N=C(c1cccc(OC(F)(F)F)c1)C2. The number of aliphatic imine (C=N–C) groups is 1. The molecule has 2 heterocycles. The summed E-state index contributed by atoms with van der Waals surface area (Å²) >= 11 is 1.30. The molecule has 1 aliphatic heterocycles. The number of thiazole rings is 1. The van der Waals surface area contributed by atoms with Crippen molar-refractivity contribution in [3.05, 3.63) is 70.7 Å². The van der Waals surface area contributed by atoms with Crippen molar-refractivity contribution < 1.29 is 22.7 Å². The van der Waals surface area contributed by atoms with Crippen LogP contribution in [-0.4, -0.2) is 23.0 Å². The fraction of sp³-hybridized carbons (Fsp3) is 0.105. The van der Waals surface area contributed by atoms with Crippen molar-refractivity contribution in [2.75, 3.05) is 5.32 Å². The lowest BCUT2D eigenvalue weighted by Gasteiger charge is -2.09. The highest BCUT2D eigenvalue weighted by Crippen LogP contribution is 2.34. The molecule has 4 rings (SSSR count). The average molecular weight is 403 g/mol. The predicted octanol–water partition coefficient (Wildman–Crippen LogP) is 4.97. The largest absolute Gasteiger partial charge is 0.573 e. The number of amides is 1. The molecule has 3 aromatic rings. The zero-order valence-electron chi connectivity index (χ0n) is 14.2. The minimum absolute atomic E-state index is 0.314. The first kappa shape index (κ1) is 18.2. The van der Waals surface area contributed by atoms with E-state index in [4.69, 9.17) is 0 Å². The molecule has 0 spiro atoms. The van der Waals surface area contributed by atoms with Crippen LogP contribution in [0.25, 0.3) is 0 Å². The second-order valence-electron chi connectivity index (χ2n) is 5.92. The van der Waals surface area contributed by atoms with Crippen molar-refractivity contribution in [3.8, 4) is 5.75 Å². The van der Waals surface area contributed by atoms with Gasteiger partial charge in [-0.15, -0.1) is 24.5 Å². The number of nitrogens with zero attached hydrogens (tertiary/aromatic N) is 2. The number of para-hydroxylation sites is 1. The van der Waals surface area contributed by atoms with Gasteiger partial charge >= 0.3 is 6.36 Å². The monoisotopic (exact) mass is 403 g/mol. The number of alkyl halides is 3. The molecular weight excluding hydrogens is 391 g/mol. The van der Waals surface area contributed by atoms with Crippen LogP contribution >= 0.6 is 11.3 Å². The Kier molecular flexibility index (Phi) is 4.60. The lowest BCUT2D eigenvalue weighted by atomic mass is 10.0. The van der Waals surface area contributed by atoms with Gasteiger partial charge in [0.2, 0.25) is 0 Å². The summed E-state index contributed by atoms with van der Waals surface area (Å²) in [6.45, 7) is 0. The molecule has 1 amide bonds. The van der Waals surface area contributed by atoms with E-state index >= 15 is 0 Å². The molecule has 9 heteroatoms. The van der Waals surface area contributed by atoms with Gasteiger partial charge < -0.3 is 4.74 Å². The molecule has 5 nitrogen and oxygen atoms in total. The molecule has 28 heavy (non-hydrogen) atoms. The normalized spacial score (nSPS) is 13.0. The number of aromatic nitrogens is 1. The zero-order chi connectivity index (χ0) is 19.7. The van der Waals surface area contributed by atoms with Crippen molar-refractivity contribution in [2.45, 2.75) is 12.8 Å².